The molecule has 0 aromatic rings. The maximum absolute atomic E-state index is 9.76. The van der Waals surface area contributed by atoms with Crippen LogP contribution < -0.4 is 5.11 Å². The van der Waals surface area contributed by atoms with E-state index in [0.717, 1.165) is 0 Å². The fourth-order valence-electron chi connectivity index (χ4n) is 0.0891. The van der Waals surface area contributed by atoms with Gasteiger partial charge in [0.15, 0.2) is 0 Å². The molecule has 0 aliphatic rings. The van der Waals surface area contributed by atoms with Crippen LogP contribution in [0.15, 0.2) is 12.2 Å². The predicted octanol–water partition coefficient (Wildman–Crippen LogP) is 0.0962. The number of halogens is 2. The summed E-state index contributed by atoms with van der Waals surface area (Å²) < 4.78 is 0. The van der Waals surface area contributed by atoms with Crippen molar-refractivity contribution >= 4 is 29.2 Å². The second-order valence-electron chi connectivity index (χ2n) is 1.11. The van der Waals surface area contributed by atoms with E-state index in [1.165, 1.54) is 0 Å². The molecule has 0 heterocycles. The number of hydrogen-bond donors (Lipinski definition) is 0. The van der Waals surface area contributed by atoms with Crippen LogP contribution >= 0.6 is 23.2 Å². The van der Waals surface area contributed by atoms with E-state index < -0.39 is 10.8 Å². The number of rotatable bonds is 2. The molecular formula is C4H3Cl2O2-. The number of hydrogen-bond acceptors (Lipinski definition) is 2. The molecule has 46 valence electrons. The molecule has 0 atom stereocenters. The zero-order valence-corrected chi connectivity index (χ0v) is 5.37. The molecule has 0 aliphatic heterocycles. The van der Waals surface area contributed by atoms with Gasteiger partial charge >= 0.3 is 0 Å². The van der Waals surface area contributed by atoms with Gasteiger partial charge in [-0.15, -0.1) is 23.2 Å². The highest BCUT2D eigenvalue weighted by Crippen LogP contribution is 2.10. The van der Waals surface area contributed by atoms with Gasteiger partial charge in [0.2, 0.25) is 0 Å². The first-order valence-electron chi connectivity index (χ1n) is 1.74. The Morgan fingerprint density at radius 1 is 1.62 bits per heavy atom. The van der Waals surface area contributed by atoms with Crippen molar-refractivity contribution in [3.8, 4) is 0 Å². The molecule has 0 saturated heterocycles. The molecule has 4 heteroatoms. The van der Waals surface area contributed by atoms with Crippen LogP contribution in [0.25, 0.3) is 0 Å². The monoisotopic (exact) mass is 153 g/mol. The molecule has 0 radical (unpaired) electrons. The summed E-state index contributed by atoms with van der Waals surface area (Å²) in [6.07, 6.45) is 0. The van der Waals surface area contributed by atoms with Crippen LogP contribution in [0.5, 0.6) is 0 Å². The Bertz CT molecular complexity index is 119. The lowest BCUT2D eigenvalue weighted by molar-refractivity contribution is -0.299. The molecule has 8 heavy (non-hydrogen) atoms. The topological polar surface area (TPSA) is 40.1 Å². The number of carboxylic acids is 1. The molecule has 0 rings (SSSR count). The number of carboxylic acid groups (broad SMARTS) is 1. The fourth-order valence-corrected chi connectivity index (χ4v) is 0.267. The molecular weight excluding hydrogens is 151 g/mol. The van der Waals surface area contributed by atoms with E-state index in [9.17, 15) is 9.90 Å². The molecule has 0 unspecified atom stereocenters. The third-order valence-corrected chi connectivity index (χ3v) is 1.05. The zero-order chi connectivity index (χ0) is 6.73. The molecule has 2 nitrogen and oxygen atoms in total. The molecule has 0 fully saturated rings. The first kappa shape index (κ1) is 7.79. The van der Waals surface area contributed by atoms with E-state index in [0.29, 0.717) is 0 Å². The van der Waals surface area contributed by atoms with Crippen molar-refractivity contribution in [3.63, 3.8) is 0 Å². The van der Waals surface area contributed by atoms with Gasteiger partial charge in [0.1, 0.15) is 4.84 Å². The quantitative estimate of drug-likeness (QED) is 0.417. The molecule has 0 amide bonds. The van der Waals surface area contributed by atoms with Gasteiger partial charge in [-0.3, -0.25) is 0 Å². The lowest BCUT2D eigenvalue weighted by Gasteiger charge is -2.04. The smallest absolute Gasteiger partial charge is 0.133 e. The van der Waals surface area contributed by atoms with E-state index in [1.54, 1.807) is 0 Å². The van der Waals surface area contributed by atoms with Gasteiger partial charge in [0.25, 0.3) is 0 Å². The van der Waals surface area contributed by atoms with Gasteiger partial charge in [-0.1, -0.05) is 6.58 Å². The summed E-state index contributed by atoms with van der Waals surface area (Å²) >= 11 is 10.1. The Kier molecular flexibility index (Phi) is 2.87. The van der Waals surface area contributed by atoms with Crippen LogP contribution in [-0.4, -0.2) is 10.8 Å². The second kappa shape index (κ2) is 2.95. The number of carbonyl (C=O) groups is 1. The lowest BCUT2D eigenvalue weighted by atomic mass is 10.4. The Morgan fingerprint density at radius 3 is 2.00 bits per heavy atom. The standard InChI is InChI=1S/C4H4Cl2O2/c1-2(3(5)6)4(7)8/h3H,1H2,(H,7,8)/p-1. The highest BCUT2D eigenvalue weighted by molar-refractivity contribution is 6.47. The highest BCUT2D eigenvalue weighted by Gasteiger charge is 2.03. The van der Waals surface area contributed by atoms with E-state index in [4.69, 9.17) is 23.2 Å². The molecule has 0 saturated carbocycles. The summed E-state index contributed by atoms with van der Waals surface area (Å²) in [5.74, 6) is -1.42. The Balaban J connectivity index is 3.84. The molecule has 0 aromatic heterocycles. The first-order chi connectivity index (χ1) is 3.55. The normalized spacial score (nSPS) is 9.38. The largest absolute Gasteiger partial charge is 0.545 e. The molecule has 0 bridgehead atoms. The van der Waals surface area contributed by atoms with Crippen LogP contribution in [0.1, 0.15) is 0 Å². The van der Waals surface area contributed by atoms with Crippen molar-refractivity contribution < 1.29 is 9.90 Å². The fraction of sp³-hybridized carbons (Fsp3) is 0.250. The van der Waals surface area contributed by atoms with Crippen LogP contribution in [0.2, 0.25) is 0 Å². The summed E-state index contributed by atoms with van der Waals surface area (Å²) in [7, 11) is 0. The summed E-state index contributed by atoms with van der Waals surface area (Å²) in [6.45, 7) is 3.03. The van der Waals surface area contributed by atoms with Crippen molar-refractivity contribution in [2.24, 2.45) is 0 Å². The van der Waals surface area contributed by atoms with Gasteiger partial charge in [0, 0.05) is 5.57 Å². The van der Waals surface area contributed by atoms with Crippen LogP contribution in [0.4, 0.5) is 0 Å². The molecule has 0 aromatic carbocycles. The van der Waals surface area contributed by atoms with E-state index in [1.807, 2.05) is 0 Å². The lowest BCUT2D eigenvalue weighted by Crippen LogP contribution is -2.26. The van der Waals surface area contributed by atoms with Gasteiger partial charge in [-0.25, -0.2) is 0 Å². The second-order valence-corrected chi connectivity index (χ2v) is 2.21. The summed E-state index contributed by atoms with van der Waals surface area (Å²) in [6, 6.07) is 0. The minimum absolute atomic E-state index is 0.312. The maximum atomic E-state index is 9.76. The molecule has 0 aliphatic carbocycles. The highest BCUT2D eigenvalue weighted by atomic mass is 35.5. The summed E-state index contributed by atoms with van der Waals surface area (Å²) in [4.78, 5) is 8.69. The average Bonchev–Trinajstić information content (AvgIpc) is 1.64. The Morgan fingerprint density at radius 2 is 2.00 bits per heavy atom. The molecule has 0 N–H and O–H groups in total. The van der Waals surface area contributed by atoms with Crippen molar-refractivity contribution in [1.82, 2.24) is 0 Å². The SMILES string of the molecule is C=C(C(=O)[O-])C(Cl)Cl. The third-order valence-electron chi connectivity index (χ3n) is 0.526. The van der Waals surface area contributed by atoms with Crippen molar-refractivity contribution in [2.75, 3.05) is 0 Å². The summed E-state index contributed by atoms with van der Waals surface area (Å²) in [5.41, 5.74) is -0.312. The minimum Gasteiger partial charge on any atom is -0.545 e. The van der Waals surface area contributed by atoms with Gasteiger partial charge in [-0.05, 0) is 0 Å². The van der Waals surface area contributed by atoms with Crippen molar-refractivity contribution in [2.45, 2.75) is 4.84 Å². The van der Waals surface area contributed by atoms with E-state index in [2.05, 4.69) is 6.58 Å². The first-order valence-corrected chi connectivity index (χ1v) is 2.61. The minimum atomic E-state index is -1.42. The molecule has 0 spiro atoms. The zero-order valence-electron chi connectivity index (χ0n) is 3.86. The van der Waals surface area contributed by atoms with E-state index >= 15 is 0 Å². The van der Waals surface area contributed by atoms with Crippen molar-refractivity contribution in [1.29, 1.82) is 0 Å². The van der Waals surface area contributed by atoms with Crippen LogP contribution in [0.3, 0.4) is 0 Å². The maximum Gasteiger partial charge on any atom is 0.133 e. The number of alkyl halides is 2. The van der Waals surface area contributed by atoms with Crippen LogP contribution in [0, 0.1) is 0 Å². The van der Waals surface area contributed by atoms with E-state index in [-0.39, 0.29) is 5.57 Å². The van der Waals surface area contributed by atoms with Gasteiger partial charge in [0.05, 0.1) is 5.97 Å². The van der Waals surface area contributed by atoms with Crippen molar-refractivity contribution in [3.05, 3.63) is 12.2 Å². The Hall–Kier alpha value is -0.210. The summed E-state index contributed by atoms with van der Waals surface area (Å²) in [5, 5.41) is 9.76. The number of carbonyl (C=O) groups excluding carboxylic acids is 1. The predicted molar refractivity (Wildman–Crippen MR) is 29.6 cm³/mol. The third kappa shape index (κ3) is 2.19. The average molecular weight is 154 g/mol. The van der Waals surface area contributed by atoms with Gasteiger partial charge in [-0.2, -0.15) is 0 Å². The Labute approximate surface area is 56.7 Å². The van der Waals surface area contributed by atoms with Crippen LogP contribution in [-0.2, 0) is 4.79 Å². The van der Waals surface area contributed by atoms with Gasteiger partial charge < -0.3 is 9.90 Å². The number of aliphatic carboxylic acids is 1.